The smallest absolute Gasteiger partial charge is 1.00 e. The predicted molar refractivity (Wildman–Crippen MR) is 67.5 cm³/mol. The molecule has 0 amide bonds. The molecule has 0 aliphatic carbocycles. The number of alkyl halides is 3. The molecule has 0 aliphatic rings. The Morgan fingerprint density at radius 1 is 1.55 bits per heavy atom. The zero-order valence-corrected chi connectivity index (χ0v) is 14.6. The summed E-state index contributed by atoms with van der Waals surface area (Å²) in [6.07, 6.45) is -2.28. The molecular weight excluding hydrogens is 352 g/mol. The molecule has 0 fully saturated rings. The first-order chi connectivity index (χ1) is 8.81. The van der Waals surface area contributed by atoms with Crippen molar-refractivity contribution >= 4 is 21.9 Å². The third-order valence-electron chi connectivity index (χ3n) is 2.46. The molecule has 0 radical (unpaired) electrons. The SMILES string of the molecule is CCC(F)(F)c1cc(Br)ccc1OC(CF)C(=O)O.[H-].[Na+]. The summed E-state index contributed by atoms with van der Waals surface area (Å²) in [5, 5.41) is 8.68. The molecule has 8 heteroatoms. The number of halogens is 4. The van der Waals surface area contributed by atoms with Gasteiger partial charge in [0.05, 0.1) is 5.56 Å². The van der Waals surface area contributed by atoms with Crippen molar-refractivity contribution in [2.45, 2.75) is 25.4 Å². The fourth-order valence-corrected chi connectivity index (χ4v) is 1.74. The van der Waals surface area contributed by atoms with E-state index >= 15 is 0 Å². The van der Waals surface area contributed by atoms with Gasteiger partial charge < -0.3 is 11.3 Å². The molecule has 0 bridgehead atoms. The summed E-state index contributed by atoms with van der Waals surface area (Å²) in [6.45, 7) is -0.0168. The monoisotopic (exact) mass is 364 g/mol. The standard InChI is InChI=1S/C12H12BrF3O3.Na.H/c1-2-12(15,16)8-5-7(13)3-4-9(8)19-10(6-14)11(17)18;;/h3-5,10H,2,6H2,1H3,(H,17,18);;/q;+1;-1. The maximum absolute atomic E-state index is 13.7. The molecule has 0 spiro atoms. The second-order valence-electron chi connectivity index (χ2n) is 3.80. The van der Waals surface area contributed by atoms with Crippen molar-refractivity contribution in [2.24, 2.45) is 0 Å². The summed E-state index contributed by atoms with van der Waals surface area (Å²) >= 11 is 3.05. The van der Waals surface area contributed by atoms with Crippen LogP contribution >= 0.6 is 15.9 Å². The van der Waals surface area contributed by atoms with Gasteiger partial charge in [-0.2, -0.15) is 0 Å². The van der Waals surface area contributed by atoms with E-state index in [1.807, 2.05) is 0 Å². The molecule has 20 heavy (non-hydrogen) atoms. The number of benzene rings is 1. The molecule has 0 saturated heterocycles. The van der Waals surface area contributed by atoms with Gasteiger partial charge in [0, 0.05) is 10.9 Å². The Balaban J connectivity index is 0. The van der Waals surface area contributed by atoms with Crippen LogP contribution in [0.25, 0.3) is 0 Å². The Hall–Kier alpha value is -0.240. The molecule has 1 atom stereocenters. The molecular formula is C12H13BrF3NaO3. The topological polar surface area (TPSA) is 46.5 Å². The third-order valence-corrected chi connectivity index (χ3v) is 2.96. The molecule has 1 unspecified atom stereocenters. The van der Waals surface area contributed by atoms with Gasteiger partial charge in [-0.1, -0.05) is 22.9 Å². The first kappa shape index (κ1) is 19.8. The van der Waals surface area contributed by atoms with E-state index in [1.165, 1.54) is 19.1 Å². The van der Waals surface area contributed by atoms with Gasteiger partial charge in [-0.05, 0) is 18.2 Å². The molecule has 1 N–H and O–H groups in total. The summed E-state index contributed by atoms with van der Waals surface area (Å²) in [5.74, 6) is -5.06. The predicted octanol–water partition coefficient (Wildman–Crippen LogP) is 0.869. The molecule has 1 aromatic rings. The van der Waals surface area contributed by atoms with Gasteiger partial charge in [0.1, 0.15) is 12.4 Å². The van der Waals surface area contributed by atoms with Crippen LogP contribution in [0.5, 0.6) is 5.75 Å². The van der Waals surface area contributed by atoms with E-state index in [0.29, 0.717) is 4.47 Å². The summed E-state index contributed by atoms with van der Waals surface area (Å²) in [7, 11) is 0. The van der Waals surface area contributed by atoms with Crippen LogP contribution in [0.2, 0.25) is 0 Å². The van der Waals surface area contributed by atoms with Gasteiger partial charge in [-0.3, -0.25) is 0 Å². The van der Waals surface area contributed by atoms with Crippen LogP contribution in [0.3, 0.4) is 0 Å². The van der Waals surface area contributed by atoms with Crippen molar-refractivity contribution in [3.05, 3.63) is 28.2 Å². The number of carbonyl (C=O) groups is 1. The number of rotatable bonds is 6. The van der Waals surface area contributed by atoms with E-state index in [2.05, 4.69) is 15.9 Å². The average Bonchev–Trinajstić information content (AvgIpc) is 2.36. The van der Waals surface area contributed by atoms with Crippen molar-refractivity contribution in [1.29, 1.82) is 0 Å². The van der Waals surface area contributed by atoms with Crippen LogP contribution in [0.4, 0.5) is 13.2 Å². The van der Waals surface area contributed by atoms with Crippen LogP contribution in [0.1, 0.15) is 20.3 Å². The molecule has 0 saturated carbocycles. The van der Waals surface area contributed by atoms with Crippen LogP contribution < -0.4 is 34.3 Å². The maximum Gasteiger partial charge on any atom is 1.00 e. The number of hydrogen-bond acceptors (Lipinski definition) is 2. The molecule has 3 nitrogen and oxygen atoms in total. The minimum Gasteiger partial charge on any atom is -1.00 e. The average molecular weight is 365 g/mol. The Labute approximate surface area is 146 Å². The zero-order chi connectivity index (χ0) is 14.6. The quantitative estimate of drug-likeness (QED) is 0.762. The largest absolute Gasteiger partial charge is 1.00 e. The molecule has 0 aliphatic heterocycles. The Morgan fingerprint density at radius 3 is 2.60 bits per heavy atom. The van der Waals surface area contributed by atoms with E-state index in [0.717, 1.165) is 6.07 Å². The maximum atomic E-state index is 13.7. The second kappa shape index (κ2) is 8.26. The van der Waals surface area contributed by atoms with Crippen molar-refractivity contribution in [3.8, 4) is 5.75 Å². The van der Waals surface area contributed by atoms with Crippen molar-refractivity contribution in [3.63, 3.8) is 0 Å². The summed E-state index contributed by atoms with van der Waals surface area (Å²) in [6, 6.07) is 3.74. The number of aliphatic carboxylic acids is 1. The van der Waals surface area contributed by atoms with Gasteiger partial charge in [-0.25, -0.2) is 18.0 Å². The summed E-state index contributed by atoms with van der Waals surface area (Å²) < 4.78 is 45.2. The van der Waals surface area contributed by atoms with Crippen LogP contribution in [-0.4, -0.2) is 23.9 Å². The van der Waals surface area contributed by atoms with Crippen LogP contribution in [-0.2, 0) is 10.7 Å². The van der Waals surface area contributed by atoms with E-state index in [4.69, 9.17) is 9.84 Å². The van der Waals surface area contributed by atoms with Crippen LogP contribution in [0, 0.1) is 0 Å². The molecule has 1 aromatic carbocycles. The fraction of sp³-hybridized carbons (Fsp3) is 0.417. The van der Waals surface area contributed by atoms with E-state index < -0.39 is 36.7 Å². The van der Waals surface area contributed by atoms with E-state index in [-0.39, 0.29) is 36.7 Å². The Bertz CT molecular complexity index is 477. The molecule has 1 rings (SSSR count). The number of carboxylic acid groups (broad SMARTS) is 1. The van der Waals surface area contributed by atoms with Crippen molar-refractivity contribution in [1.82, 2.24) is 0 Å². The van der Waals surface area contributed by atoms with Gasteiger partial charge in [0.2, 0.25) is 6.10 Å². The third kappa shape index (κ3) is 4.95. The number of hydrogen-bond donors (Lipinski definition) is 1. The second-order valence-corrected chi connectivity index (χ2v) is 4.71. The zero-order valence-electron chi connectivity index (χ0n) is 12.0. The number of carboxylic acids is 1. The van der Waals surface area contributed by atoms with E-state index in [1.54, 1.807) is 0 Å². The van der Waals surface area contributed by atoms with Gasteiger partial charge in [0.15, 0.2) is 0 Å². The van der Waals surface area contributed by atoms with Gasteiger partial charge in [-0.15, -0.1) is 0 Å². The Kier molecular flexibility index (Phi) is 8.16. The van der Waals surface area contributed by atoms with Gasteiger partial charge in [0.25, 0.3) is 5.92 Å². The Morgan fingerprint density at radius 2 is 2.15 bits per heavy atom. The normalized spacial score (nSPS) is 12.4. The molecule has 0 heterocycles. The fourth-order valence-electron chi connectivity index (χ4n) is 1.38. The molecule has 0 aromatic heterocycles. The molecule has 108 valence electrons. The first-order valence-electron chi connectivity index (χ1n) is 5.45. The summed E-state index contributed by atoms with van der Waals surface area (Å²) in [4.78, 5) is 10.7. The van der Waals surface area contributed by atoms with E-state index in [9.17, 15) is 18.0 Å². The van der Waals surface area contributed by atoms with Crippen LogP contribution in [0.15, 0.2) is 22.7 Å². The van der Waals surface area contributed by atoms with Crippen molar-refractivity contribution < 1.29 is 58.8 Å². The minimum atomic E-state index is -3.18. The van der Waals surface area contributed by atoms with Gasteiger partial charge >= 0.3 is 35.5 Å². The van der Waals surface area contributed by atoms with Crippen molar-refractivity contribution in [2.75, 3.05) is 6.67 Å². The minimum absolute atomic E-state index is 0. The summed E-state index contributed by atoms with van der Waals surface area (Å²) in [5.41, 5.74) is -0.468. The number of ether oxygens (including phenoxy) is 1. The first-order valence-corrected chi connectivity index (χ1v) is 6.24.